The van der Waals surface area contributed by atoms with Crippen LogP contribution >= 0.6 is 0 Å². The van der Waals surface area contributed by atoms with Crippen molar-refractivity contribution in [2.45, 2.75) is 276 Å². The van der Waals surface area contributed by atoms with Crippen molar-refractivity contribution in [3.8, 4) is 0 Å². The molecule has 404 valence electrons. The molecule has 0 spiro atoms. The molecule has 0 saturated heterocycles. The Morgan fingerprint density at radius 2 is 0.620 bits per heavy atom. The van der Waals surface area contributed by atoms with E-state index in [1.54, 1.807) is 0 Å². The number of amides is 1. The second kappa shape index (κ2) is 60.8. The topological polar surface area (TPSA) is 69.6 Å². The van der Waals surface area contributed by atoms with Crippen molar-refractivity contribution in [1.82, 2.24) is 5.32 Å². The zero-order chi connectivity index (χ0) is 51.3. The Morgan fingerprint density at radius 3 is 0.915 bits per heavy atom. The highest BCUT2D eigenvalue weighted by Gasteiger charge is 2.20. The molecule has 3 N–H and O–H groups in total. The van der Waals surface area contributed by atoms with Crippen LogP contribution < -0.4 is 5.32 Å². The standard InChI is InChI=1S/C67H113NO3/c1-3-5-7-9-11-13-15-17-19-21-23-25-27-28-29-30-31-32-33-34-35-36-37-38-39-40-41-43-45-47-49-51-53-55-57-59-61-63-67(71)68-65(64-69)66(70)62-60-58-56-54-52-50-48-46-44-42-26-24-22-20-18-16-14-12-10-8-6-4-2/h5,7,11,13,17,19,23,25,28-29,31-32,34-35,37-38,40-41,45,47,51,53,65-66,69-70H,3-4,6,8-10,12,14-16,18,20-22,24,26-27,30,33,36,39,42-44,46,48-50,52,54-64H2,1-2H3,(H,68,71)/b7-5-,13-11-,19-17-,25-23-,29-28-,32-31-,35-34-,38-37-,41-40-,47-45-,53-51-. The van der Waals surface area contributed by atoms with Crippen molar-refractivity contribution in [2.24, 2.45) is 0 Å². The summed E-state index contributed by atoms with van der Waals surface area (Å²) in [7, 11) is 0. The van der Waals surface area contributed by atoms with Gasteiger partial charge >= 0.3 is 0 Å². The molecule has 4 nitrogen and oxygen atoms in total. The number of aliphatic hydroxyl groups excluding tert-OH is 2. The maximum Gasteiger partial charge on any atom is 0.220 e. The second-order valence-electron chi connectivity index (χ2n) is 19.7. The lowest BCUT2D eigenvalue weighted by molar-refractivity contribution is -0.123. The first-order valence-electron chi connectivity index (χ1n) is 29.9. The lowest BCUT2D eigenvalue weighted by atomic mass is 10.0. The molecule has 1 amide bonds. The highest BCUT2D eigenvalue weighted by Crippen LogP contribution is 2.16. The van der Waals surface area contributed by atoms with Crippen molar-refractivity contribution in [1.29, 1.82) is 0 Å². The Kier molecular flexibility index (Phi) is 57.9. The fourth-order valence-electron chi connectivity index (χ4n) is 8.43. The lowest BCUT2D eigenvalue weighted by Crippen LogP contribution is -2.45. The summed E-state index contributed by atoms with van der Waals surface area (Å²) in [4.78, 5) is 12.5. The minimum Gasteiger partial charge on any atom is -0.394 e. The normalized spacial score (nSPS) is 13.8. The molecule has 0 aromatic heterocycles. The van der Waals surface area contributed by atoms with Gasteiger partial charge in [-0.25, -0.2) is 0 Å². The number of hydrogen-bond donors (Lipinski definition) is 3. The van der Waals surface area contributed by atoms with Crippen LogP contribution in [0.4, 0.5) is 0 Å². The van der Waals surface area contributed by atoms with Crippen LogP contribution in [0.3, 0.4) is 0 Å². The summed E-state index contributed by atoms with van der Waals surface area (Å²) < 4.78 is 0. The Morgan fingerprint density at radius 1 is 0.352 bits per heavy atom. The van der Waals surface area contributed by atoms with E-state index in [2.05, 4.69) is 153 Å². The van der Waals surface area contributed by atoms with Gasteiger partial charge in [-0.05, 0) is 96.3 Å². The molecule has 0 aliphatic heterocycles. The maximum atomic E-state index is 12.5. The molecule has 0 aliphatic rings. The van der Waals surface area contributed by atoms with Crippen molar-refractivity contribution in [2.75, 3.05) is 6.61 Å². The van der Waals surface area contributed by atoms with E-state index in [-0.39, 0.29) is 12.5 Å². The van der Waals surface area contributed by atoms with Crippen LogP contribution in [0.15, 0.2) is 134 Å². The molecule has 0 rings (SSSR count). The summed E-state index contributed by atoms with van der Waals surface area (Å²) in [6.45, 7) is 4.24. The first-order valence-corrected chi connectivity index (χ1v) is 29.9. The Bertz CT molecular complexity index is 1440. The smallest absolute Gasteiger partial charge is 0.220 e. The number of carbonyl (C=O) groups excluding carboxylic acids is 1. The molecular formula is C67H113NO3. The molecule has 0 saturated carbocycles. The Balaban J connectivity index is 3.65. The minimum atomic E-state index is -0.685. The number of nitrogens with one attached hydrogen (secondary N) is 1. The summed E-state index contributed by atoms with van der Waals surface area (Å²) >= 11 is 0. The average molecular weight is 981 g/mol. The molecule has 0 aromatic rings. The van der Waals surface area contributed by atoms with Gasteiger partial charge in [0.2, 0.25) is 5.91 Å². The number of unbranched alkanes of at least 4 members (excludes halogenated alkanes) is 24. The molecule has 0 radical (unpaired) electrons. The third-order valence-corrected chi connectivity index (χ3v) is 12.9. The van der Waals surface area contributed by atoms with E-state index in [9.17, 15) is 15.0 Å². The third-order valence-electron chi connectivity index (χ3n) is 12.9. The first kappa shape index (κ1) is 67.5. The van der Waals surface area contributed by atoms with Gasteiger partial charge in [0.15, 0.2) is 0 Å². The summed E-state index contributed by atoms with van der Waals surface area (Å²) in [5, 5.41) is 23.3. The van der Waals surface area contributed by atoms with Gasteiger partial charge in [-0.15, -0.1) is 0 Å². The molecule has 0 aromatic carbocycles. The Hall–Kier alpha value is -3.47. The van der Waals surface area contributed by atoms with Gasteiger partial charge < -0.3 is 15.5 Å². The number of rotatable bonds is 53. The van der Waals surface area contributed by atoms with E-state index in [1.807, 2.05) is 0 Å². The zero-order valence-electron chi connectivity index (χ0n) is 46.4. The third kappa shape index (κ3) is 57.3. The fourth-order valence-corrected chi connectivity index (χ4v) is 8.43. The zero-order valence-corrected chi connectivity index (χ0v) is 46.4. The van der Waals surface area contributed by atoms with Crippen LogP contribution in [0.5, 0.6) is 0 Å². The molecule has 2 atom stereocenters. The van der Waals surface area contributed by atoms with Crippen LogP contribution in [0.25, 0.3) is 0 Å². The highest BCUT2D eigenvalue weighted by molar-refractivity contribution is 5.76. The van der Waals surface area contributed by atoms with Gasteiger partial charge in [0.05, 0.1) is 18.8 Å². The van der Waals surface area contributed by atoms with Crippen LogP contribution in [-0.4, -0.2) is 34.9 Å². The van der Waals surface area contributed by atoms with Gasteiger partial charge in [0.1, 0.15) is 0 Å². The van der Waals surface area contributed by atoms with E-state index in [1.165, 1.54) is 128 Å². The van der Waals surface area contributed by atoms with E-state index in [0.717, 1.165) is 109 Å². The van der Waals surface area contributed by atoms with E-state index < -0.39 is 12.1 Å². The Labute approximate surface area is 441 Å². The average Bonchev–Trinajstić information content (AvgIpc) is 3.37. The second-order valence-corrected chi connectivity index (χ2v) is 19.7. The predicted molar refractivity (Wildman–Crippen MR) is 317 cm³/mol. The van der Waals surface area contributed by atoms with E-state index in [4.69, 9.17) is 0 Å². The van der Waals surface area contributed by atoms with Crippen molar-refractivity contribution in [3.05, 3.63) is 134 Å². The predicted octanol–water partition coefficient (Wildman–Crippen LogP) is 20.2. The van der Waals surface area contributed by atoms with E-state index in [0.29, 0.717) is 12.8 Å². The molecule has 0 fully saturated rings. The van der Waals surface area contributed by atoms with Gasteiger partial charge in [0, 0.05) is 6.42 Å². The molecule has 0 aliphatic carbocycles. The number of carbonyl (C=O) groups is 1. The molecular weight excluding hydrogens is 867 g/mol. The maximum absolute atomic E-state index is 12.5. The summed E-state index contributed by atoms with van der Waals surface area (Å²) in [6, 6.07) is -0.565. The quantitative estimate of drug-likeness (QED) is 0.0420. The van der Waals surface area contributed by atoms with Crippen LogP contribution in [0, 0.1) is 0 Å². The summed E-state index contributed by atoms with van der Waals surface area (Å²) in [5.41, 5.74) is 0. The minimum absolute atomic E-state index is 0.0662. The van der Waals surface area contributed by atoms with Crippen LogP contribution in [-0.2, 0) is 4.79 Å². The fraction of sp³-hybridized carbons (Fsp3) is 0.657. The first-order chi connectivity index (χ1) is 35.2. The monoisotopic (exact) mass is 980 g/mol. The van der Waals surface area contributed by atoms with Gasteiger partial charge in [-0.3, -0.25) is 4.79 Å². The highest BCUT2D eigenvalue weighted by atomic mass is 16.3. The van der Waals surface area contributed by atoms with Crippen LogP contribution in [0.2, 0.25) is 0 Å². The SMILES string of the molecule is CC/C=C\C/C=C\C/C=C\C/C=C\C/C=C\C/C=C\C/C=C\C/C=C\C/C=C\C/C=C\C/C=C\CCCCCC(=O)NC(CO)C(O)CCCCCCCCCCCCCCCCCCCCCCCC. The molecule has 0 bridgehead atoms. The van der Waals surface area contributed by atoms with Gasteiger partial charge in [-0.2, -0.15) is 0 Å². The molecule has 2 unspecified atom stereocenters. The number of hydrogen-bond acceptors (Lipinski definition) is 3. The summed E-state index contributed by atoms with van der Waals surface area (Å²) in [6.07, 6.45) is 94.4. The van der Waals surface area contributed by atoms with Crippen molar-refractivity contribution >= 4 is 5.91 Å². The van der Waals surface area contributed by atoms with Gasteiger partial charge in [-0.1, -0.05) is 295 Å². The van der Waals surface area contributed by atoms with Crippen molar-refractivity contribution in [3.63, 3.8) is 0 Å². The largest absolute Gasteiger partial charge is 0.394 e. The van der Waals surface area contributed by atoms with Gasteiger partial charge in [0.25, 0.3) is 0 Å². The van der Waals surface area contributed by atoms with E-state index >= 15 is 0 Å². The lowest BCUT2D eigenvalue weighted by Gasteiger charge is -2.22. The molecule has 0 heterocycles. The van der Waals surface area contributed by atoms with Crippen LogP contribution in [0.1, 0.15) is 264 Å². The molecule has 71 heavy (non-hydrogen) atoms. The summed E-state index contributed by atoms with van der Waals surface area (Å²) in [5.74, 6) is -0.0662. The molecule has 4 heteroatoms. The number of allylic oxidation sites excluding steroid dienone is 22. The van der Waals surface area contributed by atoms with Crippen molar-refractivity contribution < 1.29 is 15.0 Å². The number of aliphatic hydroxyl groups is 2.